The second-order valence-corrected chi connectivity index (χ2v) is 8.63. The molecule has 178 valence electrons. The maximum atomic E-state index is 12.9. The number of aromatic amines is 1. The number of hydrogen-bond donors (Lipinski definition) is 2. The van der Waals surface area contributed by atoms with Crippen molar-refractivity contribution in [2.75, 3.05) is 13.7 Å². The van der Waals surface area contributed by atoms with Gasteiger partial charge in [-0.05, 0) is 37.3 Å². The highest BCUT2D eigenvalue weighted by molar-refractivity contribution is 6.30. The molecule has 2 N–H and O–H groups in total. The predicted molar refractivity (Wildman–Crippen MR) is 132 cm³/mol. The van der Waals surface area contributed by atoms with Crippen LogP contribution in [0.25, 0.3) is 5.69 Å². The van der Waals surface area contributed by atoms with Crippen molar-refractivity contribution in [3.63, 3.8) is 0 Å². The van der Waals surface area contributed by atoms with Gasteiger partial charge in [-0.1, -0.05) is 23.7 Å². The molecule has 5 rings (SSSR count). The van der Waals surface area contributed by atoms with Crippen LogP contribution in [0.1, 0.15) is 40.9 Å². The summed E-state index contributed by atoms with van der Waals surface area (Å²) in [6.45, 7) is 2.37. The third-order valence-corrected chi connectivity index (χ3v) is 6.14. The molecule has 3 heterocycles. The predicted octanol–water partition coefficient (Wildman–Crippen LogP) is 3.60. The van der Waals surface area contributed by atoms with E-state index in [2.05, 4.69) is 25.5 Å². The number of amides is 1. The van der Waals surface area contributed by atoms with E-state index in [4.69, 9.17) is 21.3 Å². The Bertz CT molecular complexity index is 1380. The first-order valence-corrected chi connectivity index (χ1v) is 11.6. The van der Waals surface area contributed by atoms with Gasteiger partial charge in [-0.2, -0.15) is 0 Å². The van der Waals surface area contributed by atoms with E-state index in [0.717, 1.165) is 28.2 Å². The van der Waals surface area contributed by atoms with E-state index in [1.807, 2.05) is 60.2 Å². The van der Waals surface area contributed by atoms with Gasteiger partial charge < -0.3 is 15.0 Å². The number of imidazole rings is 1. The summed E-state index contributed by atoms with van der Waals surface area (Å²) in [5.74, 6) is 1.90. The molecule has 9 nitrogen and oxygen atoms in total. The lowest BCUT2D eigenvalue weighted by atomic mass is 10.00. The Kier molecular flexibility index (Phi) is 6.33. The molecule has 0 unspecified atom stereocenters. The molecule has 0 saturated heterocycles. The van der Waals surface area contributed by atoms with Gasteiger partial charge in [0, 0.05) is 35.3 Å². The Hall–Kier alpha value is -3.98. The molecular weight excluding hydrogens is 466 g/mol. The number of carbonyl (C=O) groups excluding carboxylic acids is 1. The molecule has 2 aromatic carbocycles. The lowest BCUT2D eigenvalue weighted by Crippen LogP contribution is -2.27. The van der Waals surface area contributed by atoms with Crippen molar-refractivity contribution in [3.8, 4) is 11.4 Å². The normalized spacial score (nSPS) is 14.5. The van der Waals surface area contributed by atoms with E-state index < -0.39 is 6.04 Å². The number of aliphatic imine (C=N–C) groups is 1. The van der Waals surface area contributed by atoms with E-state index in [1.165, 1.54) is 0 Å². The Balaban J connectivity index is 1.53. The highest BCUT2D eigenvalue weighted by atomic mass is 35.5. The minimum atomic E-state index is -0.536. The van der Waals surface area contributed by atoms with Crippen molar-refractivity contribution in [2.45, 2.75) is 25.8 Å². The van der Waals surface area contributed by atoms with Gasteiger partial charge >= 0.3 is 0 Å². The fourth-order valence-corrected chi connectivity index (χ4v) is 4.31. The maximum Gasteiger partial charge on any atom is 0.222 e. The average Bonchev–Trinajstić information content (AvgIpc) is 3.49. The first-order valence-electron chi connectivity index (χ1n) is 11.2. The van der Waals surface area contributed by atoms with Gasteiger partial charge in [-0.3, -0.25) is 14.4 Å². The lowest BCUT2D eigenvalue weighted by Gasteiger charge is -2.14. The summed E-state index contributed by atoms with van der Waals surface area (Å²) in [5, 5.41) is 12.3. The molecule has 0 radical (unpaired) electrons. The van der Waals surface area contributed by atoms with Crippen LogP contribution in [0, 0.1) is 6.92 Å². The van der Waals surface area contributed by atoms with Gasteiger partial charge in [0.25, 0.3) is 0 Å². The van der Waals surface area contributed by atoms with Crippen molar-refractivity contribution >= 4 is 23.2 Å². The molecule has 1 aliphatic rings. The Morgan fingerprint density at radius 3 is 2.77 bits per heavy atom. The van der Waals surface area contributed by atoms with Crippen LogP contribution in [0.15, 0.2) is 60.0 Å². The van der Waals surface area contributed by atoms with Gasteiger partial charge in [-0.25, -0.2) is 4.98 Å². The summed E-state index contributed by atoms with van der Waals surface area (Å²) >= 11 is 6.15. The number of carbonyl (C=O) groups is 1. The number of halogens is 1. The van der Waals surface area contributed by atoms with Crippen LogP contribution in [0.5, 0.6) is 5.75 Å². The van der Waals surface area contributed by atoms with E-state index in [1.54, 1.807) is 13.4 Å². The summed E-state index contributed by atoms with van der Waals surface area (Å²) in [6, 6.07) is 12.8. The zero-order chi connectivity index (χ0) is 24.4. The van der Waals surface area contributed by atoms with Crippen molar-refractivity contribution in [2.24, 2.45) is 4.99 Å². The first-order chi connectivity index (χ1) is 17.0. The van der Waals surface area contributed by atoms with E-state index in [-0.39, 0.29) is 12.3 Å². The minimum absolute atomic E-state index is 0.125. The summed E-state index contributed by atoms with van der Waals surface area (Å²) in [5.41, 5.74) is 4.23. The summed E-state index contributed by atoms with van der Waals surface area (Å²) in [7, 11) is 1.63. The van der Waals surface area contributed by atoms with Crippen LogP contribution in [-0.4, -0.2) is 50.0 Å². The summed E-state index contributed by atoms with van der Waals surface area (Å²) < 4.78 is 7.46. The molecule has 0 bridgehead atoms. The molecular formula is C25H24ClN7O2. The fourth-order valence-electron chi connectivity index (χ4n) is 4.18. The fraction of sp³-hybridized carbons (Fsp3) is 0.240. The SMILES string of the molecule is COc1ccc2c(c1)C(c1ccc(Cl)cc1)=N[C@@H](CC(=O)NCCc1c[nH]cn1)c1nnc(C)n1-2. The Morgan fingerprint density at radius 1 is 1.20 bits per heavy atom. The first kappa shape index (κ1) is 22.8. The smallest absolute Gasteiger partial charge is 0.222 e. The summed E-state index contributed by atoms with van der Waals surface area (Å²) in [4.78, 5) is 25.1. The van der Waals surface area contributed by atoms with Crippen LogP contribution in [0.2, 0.25) is 5.02 Å². The largest absolute Gasteiger partial charge is 0.497 e. The third kappa shape index (κ3) is 4.67. The van der Waals surface area contributed by atoms with Crippen molar-refractivity contribution < 1.29 is 9.53 Å². The van der Waals surface area contributed by atoms with Crippen molar-refractivity contribution in [1.82, 2.24) is 30.0 Å². The van der Waals surface area contributed by atoms with E-state index in [0.29, 0.717) is 35.4 Å². The van der Waals surface area contributed by atoms with E-state index in [9.17, 15) is 4.79 Å². The second-order valence-electron chi connectivity index (χ2n) is 8.19. The number of methoxy groups -OCH3 is 1. The molecule has 0 fully saturated rings. The number of rotatable bonds is 7. The molecule has 1 amide bonds. The quantitative estimate of drug-likeness (QED) is 0.412. The molecule has 0 aliphatic carbocycles. The number of benzene rings is 2. The number of nitrogens with one attached hydrogen (secondary N) is 2. The van der Waals surface area contributed by atoms with Gasteiger partial charge in [0.05, 0.1) is 37.0 Å². The van der Waals surface area contributed by atoms with Crippen LogP contribution < -0.4 is 10.1 Å². The molecule has 1 atom stereocenters. The highest BCUT2D eigenvalue weighted by Crippen LogP contribution is 2.34. The molecule has 1 aliphatic heterocycles. The molecule has 0 spiro atoms. The molecule has 10 heteroatoms. The van der Waals surface area contributed by atoms with Crippen LogP contribution in [0.3, 0.4) is 0 Å². The molecule has 2 aromatic heterocycles. The Morgan fingerprint density at radius 2 is 2.03 bits per heavy atom. The van der Waals surface area contributed by atoms with Crippen LogP contribution in [-0.2, 0) is 11.2 Å². The molecule has 4 aromatic rings. The number of aryl methyl sites for hydroxylation is 1. The lowest BCUT2D eigenvalue weighted by molar-refractivity contribution is -0.121. The van der Waals surface area contributed by atoms with Gasteiger partial charge in [0.1, 0.15) is 17.6 Å². The Labute approximate surface area is 207 Å². The number of nitrogens with zero attached hydrogens (tertiary/aromatic N) is 5. The van der Waals surface area contributed by atoms with Crippen molar-refractivity contribution in [1.29, 1.82) is 0 Å². The standard InChI is InChI=1S/C25H24ClN7O2/c1-15-31-32-25-21(12-23(34)28-10-9-18-13-27-14-29-18)30-24(16-3-5-17(26)6-4-16)20-11-19(35-2)7-8-22(20)33(15)25/h3-8,11,13-14,21H,9-10,12H2,1-2H3,(H,27,29)(H,28,34)/t21-/m0/s1. The average molecular weight is 490 g/mol. The molecule has 35 heavy (non-hydrogen) atoms. The minimum Gasteiger partial charge on any atom is -0.497 e. The summed E-state index contributed by atoms with van der Waals surface area (Å²) in [6.07, 6.45) is 4.20. The number of ether oxygens (including phenoxy) is 1. The third-order valence-electron chi connectivity index (χ3n) is 5.89. The van der Waals surface area contributed by atoms with Gasteiger partial charge in [0.2, 0.25) is 5.91 Å². The van der Waals surface area contributed by atoms with Gasteiger partial charge in [0.15, 0.2) is 5.82 Å². The number of aromatic nitrogens is 5. The second kappa shape index (κ2) is 9.71. The van der Waals surface area contributed by atoms with Crippen LogP contribution >= 0.6 is 11.6 Å². The van der Waals surface area contributed by atoms with Crippen molar-refractivity contribution in [3.05, 3.63) is 88.5 Å². The maximum absolute atomic E-state index is 12.9. The topological polar surface area (TPSA) is 110 Å². The van der Waals surface area contributed by atoms with Gasteiger partial charge in [-0.15, -0.1) is 10.2 Å². The number of fused-ring (bicyclic) bond motifs is 3. The zero-order valence-corrected chi connectivity index (χ0v) is 20.1. The number of hydrogen-bond acceptors (Lipinski definition) is 6. The zero-order valence-electron chi connectivity index (χ0n) is 19.3. The van der Waals surface area contributed by atoms with E-state index >= 15 is 0 Å². The highest BCUT2D eigenvalue weighted by Gasteiger charge is 2.30. The number of H-pyrrole nitrogens is 1. The monoisotopic (exact) mass is 489 g/mol. The molecule has 0 saturated carbocycles. The van der Waals surface area contributed by atoms with Crippen LogP contribution in [0.4, 0.5) is 0 Å².